The highest BCUT2D eigenvalue weighted by Gasteiger charge is 2.26. The van der Waals surface area contributed by atoms with E-state index in [0.29, 0.717) is 36.1 Å². The van der Waals surface area contributed by atoms with E-state index in [1.807, 2.05) is 10.8 Å². The van der Waals surface area contributed by atoms with Crippen molar-refractivity contribution in [3.63, 3.8) is 0 Å². The Morgan fingerprint density at radius 1 is 1.14 bits per heavy atom. The van der Waals surface area contributed by atoms with Crippen molar-refractivity contribution in [2.24, 2.45) is 0 Å². The summed E-state index contributed by atoms with van der Waals surface area (Å²) in [4.78, 5) is 36.0. The van der Waals surface area contributed by atoms with Crippen molar-refractivity contribution < 1.29 is 19.1 Å². The number of halogens is 1. The standard InChI is InChI=1S/C31H40ClN7O4/c1-3-4-5-12-34-30-29-28(35-31(33)36-30)24(32)19-38(29)18-22-9-8-21(16-25(22)42-2)17-37-13-6-7-23(37)20-43-15-14-39-26(40)10-11-27(39)41/h8-11,16,19,23H,3-7,12-15,17-18,20H2,1-2H3,(H3,33,34,35,36)/t23-/m0/s1. The van der Waals surface area contributed by atoms with Gasteiger partial charge < -0.3 is 25.1 Å². The molecule has 3 aromatic rings. The fraction of sp³-hybridized carbons (Fsp3) is 0.484. The average molecular weight is 610 g/mol. The highest BCUT2D eigenvalue weighted by Crippen LogP contribution is 2.32. The van der Waals surface area contributed by atoms with Crippen molar-refractivity contribution in [2.45, 2.75) is 58.2 Å². The van der Waals surface area contributed by atoms with Crippen LogP contribution in [0.5, 0.6) is 5.75 Å². The van der Waals surface area contributed by atoms with Gasteiger partial charge in [-0.2, -0.15) is 4.98 Å². The van der Waals surface area contributed by atoms with Crippen molar-refractivity contribution in [2.75, 3.05) is 51.0 Å². The van der Waals surface area contributed by atoms with Gasteiger partial charge in [0.15, 0.2) is 5.82 Å². The number of anilines is 2. The Morgan fingerprint density at radius 3 is 2.72 bits per heavy atom. The van der Waals surface area contributed by atoms with Gasteiger partial charge in [0.2, 0.25) is 5.95 Å². The van der Waals surface area contributed by atoms with Gasteiger partial charge >= 0.3 is 0 Å². The summed E-state index contributed by atoms with van der Waals surface area (Å²) >= 11 is 6.59. The molecule has 4 heterocycles. The molecule has 1 saturated heterocycles. The van der Waals surface area contributed by atoms with Crippen molar-refractivity contribution in [3.05, 3.63) is 52.7 Å². The number of carbonyl (C=O) groups excluding carboxylic acids is 2. The molecule has 2 aliphatic heterocycles. The summed E-state index contributed by atoms with van der Waals surface area (Å²) in [6, 6.07) is 6.60. The predicted molar refractivity (Wildman–Crippen MR) is 167 cm³/mol. The van der Waals surface area contributed by atoms with Crippen LogP contribution in [-0.4, -0.2) is 82.1 Å². The lowest BCUT2D eigenvalue weighted by molar-refractivity contribution is -0.137. The number of carbonyl (C=O) groups is 2. The molecule has 2 aliphatic rings. The largest absolute Gasteiger partial charge is 0.496 e. The second-order valence-electron chi connectivity index (χ2n) is 11.0. The number of unbranched alkanes of at least 4 members (excludes halogenated alkanes) is 2. The van der Waals surface area contributed by atoms with E-state index in [9.17, 15) is 9.59 Å². The van der Waals surface area contributed by atoms with Crippen LogP contribution in [0.3, 0.4) is 0 Å². The summed E-state index contributed by atoms with van der Waals surface area (Å²) in [6.45, 7) is 6.41. The zero-order valence-corrected chi connectivity index (χ0v) is 25.6. The third-order valence-corrected chi connectivity index (χ3v) is 8.28. The van der Waals surface area contributed by atoms with Gasteiger partial charge in [-0.05, 0) is 37.4 Å². The summed E-state index contributed by atoms with van der Waals surface area (Å²) in [7, 11) is 1.69. The zero-order chi connectivity index (χ0) is 30.3. The second kappa shape index (κ2) is 14.2. The summed E-state index contributed by atoms with van der Waals surface area (Å²) < 4.78 is 13.8. The molecule has 11 nitrogen and oxygen atoms in total. The van der Waals surface area contributed by atoms with Gasteiger partial charge in [0, 0.05) is 43.0 Å². The number of hydrogen-bond donors (Lipinski definition) is 2. The van der Waals surface area contributed by atoms with Gasteiger partial charge in [-0.15, -0.1) is 0 Å². The first kappa shape index (κ1) is 30.8. The molecule has 0 aliphatic carbocycles. The Kier molecular flexibility index (Phi) is 10.2. The molecule has 0 saturated carbocycles. The smallest absolute Gasteiger partial charge is 0.253 e. The number of ether oxygens (including phenoxy) is 2. The topological polar surface area (TPSA) is 128 Å². The van der Waals surface area contributed by atoms with Crippen LogP contribution < -0.4 is 15.8 Å². The minimum absolute atomic E-state index is 0.187. The number of imide groups is 1. The van der Waals surface area contributed by atoms with Gasteiger partial charge in [-0.1, -0.05) is 43.5 Å². The maximum absolute atomic E-state index is 11.7. The Labute approximate surface area is 257 Å². The summed E-state index contributed by atoms with van der Waals surface area (Å²) in [6.07, 6.45) is 9.90. The van der Waals surface area contributed by atoms with Gasteiger partial charge in [-0.3, -0.25) is 19.4 Å². The quantitative estimate of drug-likeness (QED) is 0.192. The number of hydrogen-bond acceptors (Lipinski definition) is 9. The molecule has 1 fully saturated rings. The summed E-state index contributed by atoms with van der Waals surface area (Å²) in [5.74, 6) is 1.11. The van der Waals surface area contributed by atoms with E-state index in [-0.39, 0.29) is 30.3 Å². The molecule has 3 N–H and O–H groups in total. The van der Waals surface area contributed by atoms with Crippen LogP contribution in [0.25, 0.3) is 11.0 Å². The maximum Gasteiger partial charge on any atom is 0.253 e. The van der Waals surface area contributed by atoms with Crippen molar-refractivity contribution in [3.8, 4) is 5.75 Å². The molecular weight excluding hydrogens is 570 g/mol. The third kappa shape index (κ3) is 7.29. The molecule has 0 spiro atoms. The molecule has 2 amide bonds. The number of likely N-dealkylation sites (tertiary alicyclic amines) is 1. The molecule has 0 radical (unpaired) electrons. The SMILES string of the molecule is CCCCCNc1nc(N)nc2c(Cl)cn(Cc3ccc(CN4CCC[C@H]4COCCN4C(=O)C=CC4=O)cc3OC)c12. The Morgan fingerprint density at radius 2 is 1.95 bits per heavy atom. The Bertz CT molecular complexity index is 1470. The van der Waals surface area contributed by atoms with Crippen molar-refractivity contribution in [1.82, 2.24) is 24.3 Å². The van der Waals surface area contributed by atoms with Crippen LogP contribution >= 0.6 is 11.6 Å². The molecule has 0 unspecified atom stereocenters. The number of methoxy groups -OCH3 is 1. The number of aromatic nitrogens is 3. The number of nitrogens with zero attached hydrogens (tertiary/aromatic N) is 5. The van der Waals surface area contributed by atoms with Crippen LogP contribution in [0, 0.1) is 0 Å². The van der Waals surface area contributed by atoms with Crippen LogP contribution in [-0.2, 0) is 27.4 Å². The number of nitrogen functional groups attached to an aromatic ring is 1. The van der Waals surface area contributed by atoms with E-state index < -0.39 is 0 Å². The Hall–Kier alpha value is -3.67. The minimum atomic E-state index is -0.279. The predicted octanol–water partition coefficient (Wildman–Crippen LogP) is 4.23. The molecule has 230 valence electrons. The lowest BCUT2D eigenvalue weighted by Crippen LogP contribution is -2.36. The molecule has 12 heteroatoms. The van der Waals surface area contributed by atoms with Crippen molar-refractivity contribution >= 4 is 46.2 Å². The maximum atomic E-state index is 11.7. The molecule has 0 bridgehead atoms. The van der Waals surface area contributed by atoms with Gasteiger partial charge in [0.05, 0.1) is 38.4 Å². The van der Waals surface area contributed by atoms with Crippen LogP contribution in [0.4, 0.5) is 11.8 Å². The first-order valence-corrected chi connectivity index (χ1v) is 15.3. The highest BCUT2D eigenvalue weighted by molar-refractivity contribution is 6.35. The fourth-order valence-electron chi connectivity index (χ4n) is 5.76. The number of rotatable bonds is 15. The van der Waals surface area contributed by atoms with Crippen molar-refractivity contribution in [1.29, 1.82) is 0 Å². The second-order valence-corrected chi connectivity index (χ2v) is 11.4. The lowest BCUT2D eigenvalue weighted by atomic mass is 10.1. The van der Waals surface area contributed by atoms with Gasteiger partial charge in [0.25, 0.3) is 11.8 Å². The zero-order valence-electron chi connectivity index (χ0n) is 24.9. The van der Waals surface area contributed by atoms with Crippen LogP contribution in [0.1, 0.15) is 50.2 Å². The number of amides is 2. The molecule has 43 heavy (non-hydrogen) atoms. The number of fused-ring (bicyclic) bond motifs is 1. The van der Waals surface area contributed by atoms with E-state index in [1.165, 1.54) is 17.1 Å². The number of nitrogens with one attached hydrogen (secondary N) is 1. The molecule has 1 aromatic carbocycles. The minimum Gasteiger partial charge on any atom is -0.496 e. The summed E-state index contributed by atoms with van der Waals surface area (Å²) in [5, 5.41) is 3.95. The molecule has 1 atom stereocenters. The van der Waals surface area contributed by atoms with Crippen LogP contribution in [0.15, 0.2) is 36.5 Å². The van der Waals surface area contributed by atoms with E-state index in [4.69, 9.17) is 26.8 Å². The number of benzene rings is 1. The third-order valence-electron chi connectivity index (χ3n) is 8.00. The van der Waals surface area contributed by atoms with Gasteiger partial charge in [0.1, 0.15) is 16.8 Å². The van der Waals surface area contributed by atoms with Crippen LogP contribution in [0.2, 0.25) is 5.02 Å². The lowest BCUT2D eigenvalue weighted by Gasteiger charge is -2.25. The van der Waals surface area contributed by atoms with E-state index in [1.54, 1.807) is 7.11 Å². The molecule has 2 aromatic heterocycles. The molecular formula is C31H40ClN7O4. The first-order chi connectivity index (χ1) is 20.9. The van der Waals surface area contributed by atoms with Gasteiger partial charge in [-0.25, -0.2) is 4.98 Å². The Balaban J connectivity index is 1.24. The monoisotopic (exact) mass is 609 g/mol. The summed E-state index contributed by atoms with van der Waals surface area (Å²) in [5.41, 5.74) is 9.60. The van der Waals surface area contributed by atoms with E-state index >= 15 is 0 Å². The fourth-order valence-corrected chi connectivity index (χ4v) is 6.01. The number of nitrogens with two attached hydrogens (primary N) is 1. The highest BCUT2D eigenvalue weighted by atomic mass is 35.5. The average Bonchev–Trinajstić information content (AvgIpc) is 3.66. The molecule has 5 rings (SSSR count). The van der Waals surface area contributed by atoms with E-state index in [2.05, 4.69) is 45.3 Å². The first-order valence-electron chi connectivity index (χ1n) is 14.9. The van der Waals surface area contributed by atoms with E-state index in [0.717, 1.165) is 74.1 Å². The normalized spacial score (nSPS) is 17.1.